The first-order chi connectivity index (χ1) is 10.2. The average molecular weight is 297 g/mol. The van der Waals surface area contributed by atoms with Crippen molar-refractivity contribution in [3.05, 3.63) is 35.4 Å². The van der Waals surface area contributed by atoms with E-state index in [0.29, 0.717) is 11.7 Å². The van der Waals surface area contributed by atoms with Gasteiger partial charge in [-0.05, 0) is 63.3 Å². The maximum Gasteiger partial charge on any atom is 0.128 e. The molecule has 118 valence electrons. The summed E-state index contributed by atoms with van der Waals surface area (Å²) >= 11 is 0. The molecule has 1 heterocycles. The molecule has 21 heavy (non-hydrogen) atoms. The number of hydrogen-bond donors (Lipinski definition) is 1. The van der Waals surface area contributed by atoms with Crippen LogP contribution >= 0.6 is 0 Å². The van der Waals surface area contributed by atoms with Crippen LogP contribution in [-0.2, 0) is 4.74 Å². The third-order valence-corrected chi connectivity index (χ3v) is 4.02. The molecule has 0 aliphatic carbocycles. The van der Waals surface area contributed by atoms with E-state index in [1.54, 1.807) is 0 Å². The van der Waals surface area contributed by atoms with Gasteiger partial charge in [-0.25, -0.2) is 8.78 Å². The first kappa shape index (κ1) is 16.4. The Morgan fingerprint density at radius 3 is 2.95 bits per heavy atom. The molecule has 1 N–H and O–H groups in total. The van der Waals surface area contributed by atoms with Crippen LogP contribution in [0.15, 0.2) is 18.2 Å². The molecule has 2 rings (SSSR count). The lowest BCUT2D eigenvalue weighted by atomic mass is 9.98. The van der Waals surface area contributed by atoms with Gasteiger partial charge in [0.15, 0.2) is 0 Å². The van der Waals surface area contributed by atoms with Crippen LogP contribution < -0.4 is 5.32 Å². The monoisotopic (exact) mass is 297 g/mol. The van der Waals surface area contributed by atoms with Gasteiger partial charge in [0.1, 0.15) is 11.6 Å². The van der Waals surface area contributed by atoms with Crippen LogP contribution in [0.25, 0.3) is 0 Å². The van der Waals surface area contributed by atoms with E-state index in [2.05, 4.69) is 12.2 Å². The second-order valence-corrected chi connectivity index (χ2v) is 5.74. The number of benzene rings is 1. The van der Waals surface area contributed by atoms with E-state index >= 15 is 0 Å². The molecule has 1 aromatic rings. The smallest absolute Gasteiger partial charge is 0.128 e. The topological polar surface area (TPSA) is 21.3 Å². The zero-order valence-electron chi connectivity index (χ0n) is 12.7. The van der Waals surface area contributed by atoms with Crippen molar-refractivity contribution in [2.45, 2.75) is 57.6 Å². The van der Waals surface area contributed by atoms with E-state index in [1.807, 2.05) is 0 Å². The maximum atomic E-state index is 13.9. The van der Waals surface area contributed by atoms with Crippen molar-refractivity contribution < 1.29 is 13.5 Å². The molecule has 0 aromatic heterocycles. The molecule has 2 unspecified atom stereocenters. The molecule has 1 aromatic carbocycles. The molecule has 0 radical (unpaired) electrons. The summed E-state index contributed by atoms with van der Waals surface area (Å²) in [6, 6.07) is 3.57. The second kappa shape index (κ2) is 8.44. The standard InChI is InChI=1S/C17H25F2NO/c1-2-10-20-17(7-3-5-14-6-4-11-21-14)15-12-13(18)8-9-16(15)19/h8-9,12,14,17,20H,2-7,10-11H2,1H3. The van der Waals surface area contributed by atoms with E-state index < -0.39 is 0 Å². The first-order valence-corrected chi connectivity index (χ1v) is 8.00. The molecule has 2 atom stereocenters. The Morgan fingerprint density at radius 2 is 2.24 bits per heavy atom. The highest BCUT2D eigenvalue weighted by Gasteiger charge is 2.19. The van der Waals surface area contributed by atoms with E-state index in [0.717, 1.165) is 51.7 Å². The van der Waals surface area contributed by atoms with E-state index in [9.17, 15) is 8.78 Å². The Hall–Kier alpha value is -1.00. The zero-order chi connectivity index (χ0) is 15.1. The van der Waals surface area contributed by atoms with Gasteiger partial charge in [-0.1, -0.05) is 6.92 Å². The Labute approximate surface area is 125 Å². The molecule has 0 bridgehead atoms. The van der Waals surface area contributed by atoms with Crippen LogP contribution in [0.3, 0.4) is 0 Å². The van der Waals surface area contributed by atoms with Crippen molar-refractivity contribution in [3.63, 3.8) is 0 Å². The van der Waals surface area contributed by atoms with Crippen molar-refractivity contribution in [1.82, 2.24) is 5.32 Å². The lowest BCUT2D eigenvalue weighted by molar-refractivity contribution is 0.101. The fourth-order valence-electron chi connectivity index (χ4n) is 2.89. The third kappa shape index (κ3) is 5.04. The predicted molar refractivity (Wildman–Crippen MR) is 80.2 cm³/mol. The molecule has 4 heteroatoms. The largest absolute Gasteiger partial charge is 0.378 e. The zero-order valence-corrected chi connectivity index (χ0v) is 12.7. The summed E-state index contributed by atoms with van der Waals surface area (Å²) in [6.45, 7) is 3.74. The lowest BCUT2D eigenvalue weighted by Crippen LogP contribution is -2.23. The highest BCUT2D eigenvalue weighted by atomic mass is 19.1. The molecule has 2 nitrogen and oxygen atoms in total. The average Bonchev–Trinajstić information content (AvgIpc) is 2.99. The summed E-state index contributed by atoms with van der Waals surface area (Å²) in [7, 11) is 0. The number of hydrogen-bond acceptors (Lipinski definition) is 2. The highest BCUT2D eigenvalue weighted by molar-refractivity contribution is 5.22. The fourth-order valence-corrected chi connectivity index (χ4v) is 2.89. The summed E-state index contributed by atoms with van der Waals surface area (Å²) in [5.41, 5.74) is 0.441. The minimum atomic E-state index is -0.381. The Kier molecular flexibility index (Phi) is 6.58. The van der Waals surface area contributed by atoms with Crippen LogP contribution in [-0.4, -0.2) is 19.3 Å². The molecule has 1 aliphatic rings. The van der Waals surface area contributed by atoms with Crippen LogP contribution in [0.5, 0.6) is 0 Å². The summed E-state index contributed by atoms with van der Waals surface area (Å²) in [6.07, 6.45) is 6.36. The van der Waals surface area contributed by atoms with Crippen molar-refractivity contribution in [3.8, 4) is 0 Å². The minimum Gasteiger partial charge on any atom is -0.378 e. The summed E-state index contributed by atoms with van der Waals surface area (Å²) in [5, 5.41) is 3.33. The quantitative estimate of drug-likeness (QED) is 0.770. The van der Waals surface area contributed by atoms with Crippen LogP contribution in [0.1, 0.15) is 57.1 Å². The van der Waals surface area contributed by atoms with Crippen molar-refractivity contribution in [2.75, 3.05) is 13.2 Å². The van der Waals surface area contributed by atoms with Crippen molar-refractivity contribution >= 4 is 0 Å². The van der Waals surface area contributed by atoms with Crippen LogP contribution in [0.2, 0.25) is 0 Å². The Morgan fingerprint density at radius 1 is 1.38 bits per heavy atom. The molecule has 1 saturated heterocycles. The van der Waals surface area contributed by atoms with Crippen LogP contribution in [0.4, 0.5) is 8.78 Å². The van der Waals surface area contributed by atoms with Crippen molar-refractivity contribution in [2.24, 2.45) is 0 Å². The first-order valence-electron chi connectivity index (χ1n) is 8.00. The van der Waals surface area contributed by atoms with Gasteiger partial charge in [-0.2, -0.15) is 0 Å². The van der Waals surface area contributed by atoms with E-state index in [-0.39, 0.29) is 17.7 Å². The van der Waals surface area contributed by atoms with Gasteiger partial charge in [0.25, 0.3) is 0 Å². The molecule has 0 spiro atoms. The van der Waals surface area contributed by atoms with E-state index in [4.69, 9.17) is 4.74 Å². The Balaban J connectivity index is 1.94. The van der Waals surface area contributed by atoms with Gasteiger partial charge in [0.05, 0.1) is 6.10 Å². The predicted octanol–water partition coefficient (Wildman–Crippen LogP) is 4.35. The fraction of sp³-hybridized carbons (Fsp3) is 0.647. The molecular formula is C17H25F2NO. The van der Waals surface area contributed by atoms with Gasteiger partial charge < -0.3 is 10.1 Å². The molecule has 0 saturated carbocycles. The highest BCUT2D eigenvalue weighted by Crippen LogP contribution is 2.25. The Bertz CT molecular complexity index is 433. The maximum absolute atomic E-state index is 13.9. The van der Waals surface area contributed by atoms with Crippen molar-refractivity contribution in [1.29, 1.82) is 0 Å². The number of halogens is 2. The molecule has 0 amide bonds. The minimum absolute atomic E-state index is 0.123. The number of ether oxygens (including phenoxy) is 1. The van der Waals surface area contributed by atoms with E-state index in [1.165, 1.54) is 18.2 Å². The van der Waals surface area contributed by atoms with Gasteiger partial charge in [-0.3, -0.25) is 0 Å². The lowest BCUT2D eigenvalue weighted by Gasteiger charge is -2.20. The second-order valence-electron chi connectivity index (χ2n) is 5.74. The molecule has 1 fully saturated rings. The number of nitrogens with one attached hydrogen (secondary N) is 1. The summed E-state index contributed by atoms with van der Waals surface area (Å²) < 4.78 is 32.9. The van der Waals surface area contributed by atoms with Crippen LogP contribution in [0, 0.1) is 11.6 Å². The molecular weight excluding hydrogens is 272 g/mol. The number of rotatable bonds is 8. The summed E-state index contributed by atoms with van der Waals surface area (Å²) in [4.78, 5) is 0. The summed E-state index contributed by atoms with van der Waals surface area (Å²) in [5.74, 6) is -0.712. The van der Waals surface area contributed by atoms with Gasteiger partial charge in [-0.15, -0.1) is 0 Å². The third-order valence-electron chi connectivity index (χ3n) is 4.02. The SMILES string of the molecule is CCCNC(CCCC1CCCO1)c1cc(F)ccc1F. The van der Waals surface area contributed by atoms with Gasteiger partial charge >= 0.3 is 0 Å². The van der Waals surface area contributed by atoms with Gasteiger partial charge in [0, 0.05) is 18.2 Å². The molecule has 1 aliphatic heterocycles. The van der Waals surface area contributed by atoms with Gasteiger partial charge in [0.2, 0.25) is 0 Å². The normalized spacial score (nSPS) is 19.9.